The number of hydrogen-bond donors (Lipinski definition) is 1. The summed E-state index contributed by atoms with van der Waals surface area (Å²) in [7, 11) is 0. The summed E-state index contributed by atoms with van der Waals surface area (Å²) >= 11 is 5.91. The number of halogens is 2. The molecule has 0 bridgehead atoms. The normalized spacial score (nSPS) is 16.4. The average molecular weight is 591 g/mol. The molecule has 1 atom stereocenters. The number of hydrogen-bond acceptors (Lipinski definition) is 7. The lowest BCUT2D eigenvalue weighted by molar-refractivity contribution is -0.123. The fourth-order valence-electron chi connectivity index (χ4n) is 5.13. The molecule has 3 aromatic carbocycles. The number of carbonyl (C=O) groups excluding carboxylic acids is 2. The van der Waals surface area contributed by atoms with Gasteiger partial charge in [-0.2, -0.15) is 0 Å². The molecule has 0 spiro atoms. The second-order valence-corrected chi connectivity index (χ2v) is 10.4. The lowest BCUT2D eigenvalue weighted by Gasteiger charge is -2.37. The summed E-state index contributed by atoms with van der Waals surface area (Å²) < 4.78 is 27.1. The SMILES string of the molecule is O=C(O)c1ccc(CC(=O)C2c3cccc(OC4COC4)c3CCN2C(=O)c2cn(-c3cccc(Cl)c3F)nn2)cc1. The molecular weight excluding hydrogens is 567 g/mol. The number of fused-ring (bicyclic) bond motifs is 1. The van der Waals surface area contributed by atoms with Gasteiger partial charge in [-0.1, -0.05) is 47.1 Å². The van der Waals surface area contributed by atoms with Crippen LogP contribution in [-0.4, -0.2) is 68.5 Å². The van der Waals surface area contributed by atoms with Crippen LogP contribution in [0.3, 0.4) is 0 Å². The summed E-state index contributed by atoms with van der Waals surface area (Å²) in [5, 5.41) is 17.0. The minimum absolute atomic E-state index is 0.0252. The van der Waals surface area contributed by atoms with Crippen LogP contribution in [0.2, 0.25) is 5.02 Å². The first kappa shape index (κ1) is 27.6. The Kier molecular flexibility index (Phi) is 7.44. The number of nitrogens with zero attached hydrogens (tertiary/aromatic N) is 4. The van der Waals surface area contributed by atoms with Gasteiger partial charge in [0, 0.05) is 18.5 Å². The lowest BCUT2D eigenvalue weighted by atomic mass is 9.87. The van der Waals surface area contributed by atoms with Crippen LogP contribution in [0.5, 0.6) is 5.75 Å². The Hall–Kier alpha value is -4.61. The summed E-state index contributed by atoms with van der Waals surface area (Å²) in [4.78, 5) is 40.5. The zero-order valence-corrected chi connectivity index (χ0v) is 22.8. The van der Waals surface area contributed by atoms with Crippen molar-refractivity contribution in [1.82, 2.24) is 19.9 Å². The Morgan fingerprint density at radius 3 is 2.55 bits per heavy atom. The van der Waals surface area contributed by atoms with E-state index in [1.165, 1.54) is 35.4 Å². The van der Waals surface area contributed by atoms with Crippen LogP contribution in [0.15, 0.2) is 66.9 Å². The van der Waals surface area contributed by atoms with Gasteiger partial charge in [0.25, 0.3) is 5.91 Å². The number of carboxylic acids is 1. The second kappa shape index (κ2) is 11.3. The number of Topliss-reactive ketones (excluding diaryl/α,β-unsaturated/α-hetero) is 1. The first-order chi connectivity index (χ1) is 20.3. The van der Waals surface area contributed by atoms with Crippen LogP contribution >= 0.6 is 11.6 Å². The Labute approximate surface area is 244 Å². The monoisotopic (exact) mass is 590 g/mol. The third kappa shape index (κ3) is 5.24. The molecule has 6 rings (SSSR count). The number of aromatic nitrogens is 3. The van der Waals surface area contributed by atoms with Crippen molar-refractivity contribution in [3.05, 3.63) is 106 Å². The number of carbonyl (C=O) groups is 3. The van der Waals surface area contributed by atoms with E-state index in [-0.39, 0.29) is 46.8 Å². The number of carboxylic acid groups (broad SMARTS) is 1. The predicted molar refractivity (Wildman–Crippen MR) is 148 cm³/mol. The first-order valence-electron chi connectivity index (χ1n) is 13.2. The quantitative estimate of drug-likeness (QED) is 0.325. The van der Waals surface area contributed by atoms with Gasteiger partial charge in [-0.05, 0) is 47.9 Å². The average Bonchev–Trinajstić information content (AvgIpc) is 3.45. The van der Waals surface area contributed by atoms with Crippen molar-refractivity contribution >= 4 is 29.3 Å². The Balaban J connectivity index is 1.34. The number of ketones is 1. The van der Waals surface area contributed by atoms with Gasteiger partial charge >= 0.3 is 5.97 Å². The predicted octanol–water partition coefficient (Wildman–Crippen LogP) is 4.09. The molecule has 214 valence electrons. The summed E-state index contributed by atoms with van der Waals surface area (Å²) in [6, 6.07) is 14.9. The van der Waals surface area contributed by atoms with Crippen molar-refractivity contribution in [3.8, 4) is 11.4 Å². The van der Waals surface area contributed by atoms with Gasteiger partial charge in [-0.3, -0.25) is 9.59 Å². The van der Waals surface area contributed by atoms with Gasteiger partial charge in [-0.15, -0.1) is 5.10 Å². The Bertz CT molecular complexity index is 1690. The number of amides is 1. The van der Waals surface area contributed by atoms with Crippen molar-refractivity contribution in [3.63, 3.8) is 0 Å². The van der Waals surface area contributed by atoms with Gasteiger partial charge < -0.3 is 19.5 Å². The van der Waals surface area contributed by atoms with Crippen molar-refractivity contribution in [1.29, 1.82) is 0 Å². The zero-order valence-electron chi connectivity index (χ0n) is 22.1. The van der Waals surface area contributed by atoms with E-state index in [2.05, 4.69) is 10.3 Å². The maximum absolute atomic E-state index is 14.6. The van der Waals surface area contributed by atoms with E-state index in [9.17, 15) is 23.9 Å². The third-order valence-corrected chi connectivity index (χ3v) is 7.61. The summed E-state index contributed by atoms with van der Waals surface area (Å²) in [5.41, 5.74) is 2.13. The minimum atomic E-state index is -1.07. The van der Waals surface area contributed by atoms with E-state index < -0.39 is 23.7 Å². The fraction of sp³-hybridized carbons (Fsp3) is 0.233. The first-order valence-corrected chi connectivity index (χ1v) is 13.6. The molecule has 4 aromatic rings. The lowest BCUT2D eigenvalue weighted by Crippen LogP contribution is -2.44. The molecule has 3 heterocycles. The zero-order chi connectivity index (χ0) is 29.4. The highest BCUT2D eigenvalue weighted by atomic mass is 35.5. The molecule has 2 aliphatic rings. The molecule has 42 heavy (non-hydrogen) atoms. The highest BCUT2D eigenvalue weighted by molar-refractivity contribution is 6.30. The number of rotatable bonds is 8. The molecule has 1 saturated heterocycles. The molecule has 0 saturated carbocycles. The van der Waals surface area contributed by atoms with Crippen LogP contribution in [0.25, 0.3) is 5.69 Å². The van der Waals surface area contributed by atoms with E-state index >= 15 is 0 Å². The number of benzene rings is 3. The summed E-state index contributed by atoms with van der Waals surface area (Å²) in [5.74, 6) is -1.96. The molecule has 1 fully saturated rings. The van der Waals surface area contributed by atoms with Crippen LogP contribution in [0.1, 0.15) is 43.6 Å². The molecule has 1 aromatic heterocycles. The summed E-state index contributed by atoms with van der Waals surface area (Å²) in [6.45, 7) is 1.15. The molecule has 0 aliphatic carbocycles. The standard InChI is InChI=1S/C30H24ClFN4O6/c31-22-4-2-5-24(27(22)32)36-14-23(33-34-36)29(38)35-12-11-20-21(3-1-6-26(20)42-19-15-41-16-19)28(35)25(37)13-17-7-9-18(10-8-17)30(39)40/h1-10,14,19,28H,11-13,15-16H2,(H,39,40). The second-order valence-electron chi connectivity index (χ2n) is 10.0. The molecule has 0 radical (unpaired) electrons. The fourth-order valence-corrected chi connectivity index (χ4v) is 5.30. The molecule has 10 nitrogen and oxygen atoms in total. The molecule has 2 aliphatic heterocycles. The minimum Gasteiger partial charge on any atom is -0.485 e. The van der Waals surface area contributed by atoms with E-state index in [1.807, 2.05) is 6.07 Å². The van der Waals surface area contributed by atoms with Gasteiger partial charge in [0.2, 0.25) is 0 Å². The number of ether oxygens (including phenoxy) is 2. The summed E-state index contributed by atoms with van der Waals surface area (Å²) in [6.07, 6.45) is 1.60. The number of aromatic carboxylic acids is 1. The molecule has 1 N–H and O–H groups in total. The van der Waals surface area contributed by atoms with Crippen LogP contribution in [0, 0.1) is 5.82 Å². The van der Waals surface area contributed by atoms with E-state index in [4.69, 9.17) is 21.1 Å². The smallest absolute Gasteiger partial charge is 0.335 e. The van der Waals surface area contributed by atoms with E-state index in [1.54, 1.807) is 30.3 Å². The van der Waals surface area contributed by atoms with Crippen molar-refractivity contribution in [2.45, 2.75) is 25.0 Å². The largest absolute Gasteiger partial charge is 0.485 e. The van der Waals surface area contributed by atoms with E-state index in [0.717, 1.165) is 10.2 Å². The van der Waals surface area contributed by atoms with Crippen LogP contribution in [-0.2, 0) is 22.4 Å². The maximum atomic E-state index is 14.6. The van der Waals surface area contributed by atoms with E-state index in [0.29, 0.717) is 36.5 Å². The highest BCUT2D eigenvalue weighted by Gasteiger charge is 2.38. The van der Waals surface area contributed by atoms with Gasteiger partial charge in [-0.25, -0.2) is 13.9 Å². The van der Waals surface area contributed by atoms with Gasteiger partial charge in [0.05, 0.1) is 30.0 Å². The van der Waals surface area contributed by atoms with Crippen molar-refractivity contribution in [2.24, 2.45) is 0 Å². The third-order valence-electron chi connectivity index (χ3n) is 7.31. The highest BCUT2D eigenvalue weighted by Crippen LogP contribution is 2.38. The topological polar surface area (TPSA) is 124 Å². The van der Waals surface area contributed by atoms with Gasteiger partial charge in [0.1, 0.15) is 23.6 Å². The van der Waals surface area contributed by atoms with Crippen molar-refractivity contribution in [2.75, 3.05) is 19.8 Å². The van der Waals surface area contributed by atoms with Crippen molar-refractivity contribution < 1.29 is 33.4 Å². The Morgan fingerprint density at radius 1 is 1.07 bits per heavy atom. The molecule has 1 unspecified atom stereocenters. The van der Waals surface area contributed by atoms with Crippen LogP contribution in [0.4, 0.5) is 4.39 Å². The van der Waals surface area contributed by atoms with Crippen LogP contribution < -0.4 is 4.74 Å². The Morgan fingerprint density at radius 2 is 1.83 bits per heavy atom. The molecule has 12 heteroatoms. The van der Waals surface area contributed by atoms with Gasteiger partial charge in [0.15, 0.2) is 17.3 Å². The molecular formula is C30H24ClFN4O6. The molecule has 1 amide bonds. The maximum Gasteiger partial charge on any atom is 0.335 e.